The van der Waals surface area contributed by atoms with Crippen LogP contribution in [0.5, 0.6) is 11.5 Å². The minimum atomic E-state index is -0.245. The van der Waals surface area contributed by atoms with Gasteiger partial charge in [-0.2, -0.15) is 5.26 Å². The van der Waals surface area contributed by atoms with Gasteiger partial charge in [-0.15, -0.1) is 11.8 Å². The van der Waals surface area contributed by atoms with E-state index < -0.39 is 0 Å². The summed E-state index contributed by atoms with van der Waals surface area (Å²) in [5, 5.41) is 12.9. The second kappa shape index (κ2) is 7.24. The van der Waals surface area contributed by atoms with Crippen molar-refractivity contribution in [2.24, 2.45) is 0 Å². The zero-order valence-corrected chi connectivity index (χ0v) is 14.0. The molecule has 1 N–H and O–H groups in total. The monoisotopic (exact) mass is 336 g/mol. The van der Waals surface area contributed by atoms with Crippen LogP contribution in [0.2, 0.25) is 0 Å². The van der Waals surface area contributed by atoms with Crippen molar-refractivity contribution >= 4 is 17.7 Å². The molecule has 24 heavy (non-hydrogen) atoms. The van der Waals surface area contributed by atoms with Gasteiger partial charge in [0.15, 0.2) is 0 Å². The highest BCUT2D eigenvalue weighted by Gasteiger charge is 2.29. The third kappa shape index (κ3) is 3.44. The van der Waals surface area contributed by atoms with Crippen LogP contribution in [0.4, 0.5) is 0 Å². The van der Waals surface area contributed by atoms with Crippen LogP contribution in [-0.2, 0) is 4.79 Å². The summed E-state index contributed by atoms with van der Waals surface area (Å²) >= 11 is 1.38. The maximum absolute atomic E-state index is 12.0. The van der Waals surface area contributed by atoms with Gasteiger partial charge < -0.3 is 10.1 Å². The Bertz CT molecular complexity index is 825. The van der Waals surface area contributed by atoms with Gasteiger partial charge in [0.05, 0.1) is 16.7 Å². The lowest BCUT2D eigenvalue weighted by Crippen LogP contribution is -2.30. The second-order valence-electron chi connectivity index (χ2n) is 5.35. The van der Waals surface area contributed by atoms with Gasteiger partial charge in [0.25, 0.3) is 0 Å². The summed E-state index contributed by atoms with van der Waals surface area (Å²) in [5.74, 6) is 1.12. The number of hydrogen-bond donors (Lipinski definition) is 1. The SMILES string of the molecule is CSC1=C(C#N)[C@@H](c2cccc(Oc3ccccc3)c2)CC(=O)N1. The topological polar surface area (TPSA) is 62.1 Å². The van der Waals surface area contributed by atoms with Crippen molar-refractivity contribution in [3.63, 3.8) is 0 Å². The fourth-order valence-electron chi connectivity index (χ4n) is 2.68. The number of allylic oxidation sites excluding steroid dienone is 1. The number of thioether (sulfide) groups is 1. The van der Waals surface area contributed by atoms with Gasteiger partial charge in [-0.25, -0.2) is 0 Å². The van der Waals surface area contributed by atoms with Crippen LogP contribution in [0.25, 0.3) is 0 Å². The summed E-state index contributed by atoms with van der Waals surface area (Å²) in [6.07, 6.45) is 2.12. The number of benzene rings is 2. The fourth-order valence-corrected chi connectivity index (χ4v) is 3.31. The van der Waals surface area contributed by atoms with E-state index in [-0.39, 0.29) is 18.2 Å². The lowest BCUT2D eigenvalue weighted by Gasteiger charge is -2.24. The first-order valence-electron chi connectivity index (χ1n) is 7.52. The first-order valence-corrected chi connectivity index (χ1v) is 8.74. The van der Waals surface area contributed by atoms with Gasteiger partial charge >= 0.3 is 0 Å². The van der Waals surface area contributed by atoms with Gasteiger partial charge in [-0.1, -0.05) is 30.3 Å². The Hall–Kier alpha value is -2.71. The first-order chi connectivity index (χ1) is 11.7. The second-order valence-corrected chi connectivity index (χ2v) is 6.17. The summed E-state index contributed by atoms with van der Waals surface area (Å²) in [4.78, 5) is 12.0. The van der Waals surface area contributed by atoms with Gasteiger partial charge in [0.2, 0.25) is 5.91 Å². The molecule has 0 bridgehead atoms. The molecular weight excluding hydrogens is 320 g/mol. The van der Waals surface area contributed by atoms with Crippen LogP contribution < -0.4 is 10.1 Å². The van der Waals surface area contributed by atoms with Gasteiger partial charge in [0, 0.05) is 12.3 Å². The van der Waals surface area contributed by atoms with E-state index in [1.54, 1.807) is 0 Å². The van der Waals surface area contributed by atoms with Crippen molar-refractivity contribution in [3.8, 4) is 17.6 Å². The number of ether oxygens (including phenoxy) is 1. The van der Waals surface area contributed by atoms with Crippen LogP contribution in [0.3, 0.4) is 0 Å². The molecule has 1 heterocycles. The van der Waals surface area contributed by atoms with E-state index in [1.165, 1.54) is 11.8 Å². The third-order valence-electron chi connectivity index (χ3n) is 3.80. The molecule has 2 aromatic carbocycles. The summed E-state index contributed by atoms with van der Waals surface area (Å²) in [6.45, 7) is 0. The number of nitrogens with zero attached hydrogens (tertiary/aromatic N) is 1. The van der Waals surface area contributed by atoms with Crippen molar-refractivity contribution in [1.82, 2.24) is 5.32 Å². The van der Waals surface area contributed by atoms with E-state index in [1.807, 2.05) is 60.9 Å². The number of amides is 1. The Labute approximate surface area is 145 Å². The molecule has 1 aliphatic rings. The standard InChI is InChI=1S/C19H16N2O2S/c1-24-19-17(12-20)16(11-18(22)21-19)13-6-5-9-15(10-13)23-14-7-3-2-4-8-14/h2-10,16H,11H2,1H3,(H,21,22)/t16-/m1/s1. The fraction of sp³-hybridized carbons (Fsp3) is 0.158. The summed E-state index contributed by atoms with van der Waals surface area (Å²) < 4.78 is 5.85. The highest BCUT2D eigenvalue weighted by Crippen LogP contribution is 2.36. The highest BCUT2D eigenvalue weighted by atomic mass is 32.2. The van der Waals surface area contributed by atoms with Gasteiger partial charge in [0.1, 0.15) is 11.5 Å². The number of para-hydroxylation sites is 1. The quantitative estimate of drug-likeness (QED) is 0.910. The molecule has 3 rings (SSSR count). The molecule has 0 aromatic heterocycles. The van der Waals surface area contributed by atoms with E-state index in [0.717, 1.165) is 11.3 Å². The maximum atomic E-state index is 12.0. The average Bonchev–Trinajstić information content (AvgIpc) is 2.62. The molecule has 0 aliphatic carbocycles. The third-order valence-corrected chi connectivity index (χ3v) is 4.53. The van der Waals surface area contributed by atoms with Crippen LogP contribution in [0.1, 0.15) is 17.9 Å². The molecule has 1 atom stereocenters. The molecule has 120 valence electrons. The zero-order chi connectivity index (χ0) is 16.9. The molecule has 0 unspecified atom stereocenters. The Kier molecular flexibility index (Phi) is 4.88. The average molecular weight is 336 g/mol. The molecule has 0 saturated heterocycles. The van der Waals surface area contributed by atoms with E-state index in [9.17, 15) is 10.1 Å². The van der Waals surface area contributed by atoms with E-state index in [0.29, 0.717) is 16.4 Å². The molecule has 1 aliphatic heterocycles. The summed E-state index contributed by atoms with van der Waals surface area (Å²) in [5.41, 5.74) is 1.50. The highest BCUT2D eigenvalue weighted by molar-refractivity contribution is 8.02. The Balaban J connectivity index is 1.93. The largest absolute Gasteiger partial charge is 0.457 e. The number of carbonyl (C=O) groups excluding carboxylic acids is 1. The van der Waals surface area contributed by atoms with Crippen LogP contribution in [-0.4, -0.2) is 12.2 Å². The molecule has 5 heteroatoms. The molecular formula is C19H16N2O2S. The normalized spacial score (nSPS) is 17.2. The molecule has 4 nitrogen and oxygen atoms in total. The predicted molar refractivity (Wildman–Crippen MR) is 94.6 cm³/mol. The van der Waals surface area contributed by atoms with E-state index >= 15 is 0 Å². The molecule has 0 fully saturated rings. The minimum absolute atomic E-state index is 0.0715. The zero-order valence-electron chi connectivity index (χ0n) is 13.2. The van der Waals surface area contributed by atoms with Crippen LogP contribution in [0.15, 0.2) is 65.2 Å². The number of nitrogens with one attached hydrogen (secondary N) is 1. The Morgan fingerprint density at radius 2 is 1.92 bits per heavy atom. The lowest BCUT2D eigenvalue weighted by molar-refractivity contribution is -0.120. The summed E-state index contributed by atoms with van der Waals surface area (Å²) in [6, 6.07) is 19.3. The van der Waals surface area contributed by atoms with Crippen molar-refractivity contribution in [1.29, 1.82) is 5.26 Å². The lowest BCUT2D eigenvalue weighted by atomic mass is 9.87. The maximum Gasteiger partial charge on any atom is 0.225 e. The van der Waals surface area contributed by atoms with Crippen molar-refractivity contribution in [3.05, 3.63) is 70.8 Å². The molecule has 0 radical (unpaired) electrons. The first kappa shape index (κ1) is 16.2. The molecule has 0 saturated carbocycles. The molecule has 2 aromatic rings. The van der Waals surface area contributed by atoms with Gasteiger partial charge in [-0.05, 0) is 36.1 Å². The number of carbonyl (C=O) groups is 1. The van der Waals surface area contributed by atoms with Crippen molar-refractivity contribution < 1.29 is 9.53 Å². The molecule has 1 amide bonds. The minimum Gasteiger partial charge on any atom is -0.457 e. The number of nitriles is 1. The van der Waals surface area contributed by atoms with Crippen molar-refractivity contribution in [2.75, 3.05) is 6.26 Å². The smallest absolute Gasteiger partial charge is 0.225 e. The number of rotatable bonds is 4. The number of hydrogen-bond acceptors (Lipinski definition) is 4. The molecule has 0 spiro atoms. The van der Waals surface area contributed by atoms with Gasteiger partial charge in [-0.3, -0.25) is 4.79 Å². The predicted octanol–water partition coefficient (Wildman–Crippen LogP) is 4.18. The Morgan fingerprint density at radius 3 is 2.62 bits per heavy atom. The van der Waals surface area contributed by atoms with E-state index in [2.05, 4.69) is 11.4 Å². The van der Waals surface area contributed by atoms with Crippen LogP contribution in [0, 0.1) is 11.3 Å². The summed E-state index contributed by atoms with van der Waals surface area (Å²) in [7, 11) is 0. The Morgan fingerprint density at radius 1 is 1.17 bits per heavy atom. The van der Waals surface area contributed by atoms with E-state index in [4.69, 9.17) is 4.74 Å². The van der Waals surface area contributed by atoms with Crippen molar-refractivity contribution in [2.45, 2.75) is 12.3 Å². The van der Waals surface area contributed by atoms with Crippen LogP contribution >= 0.6 is 11.8 Å².